The molecule has 1 aliphatic heterocycles. The largest absolute Gasteiger partial charge is 0.464 e. The number of rotatable bonds is 1. The lowest BCUT2D eigenvalue weighted by Crippen LogP contribution is -2.16. The van der Waals surface area contributed by atoms with Gasteiger partial charge in [-0.1, -0.05) is 28.1 Å². The van der Waals surface area contributed by atoms with Gasteiger partial charge in [0, 0.05) is 16.0 Å². The predicted octanol–water partition coefficient (Wildman–Crippen LogP) is 2.65. The summed E-state index contributed by atoms with van der Waals surface area (Å²) in [6.07, 6.45) is -0.917. The summed E-state index contributed by atoms with van der Waals surface area (Å²) in [5, 5.41) is 8.62. The number of carboxylic acid groups (broad SMARTS) is 1. The SMILES string of the molecule is O=C(O)N[SH]1Cc2cccc(Br)c2C1. The Morgan fingerprint density at radius 3 is 2.93 bits per heavy atom. The van der Waals surface area contributed by atoms with Crippen LogP contribution in [-0.4, -0.2) is 11.2 Å². The van der Waals surface area contributed by atoms with Gasteiger partial charge in [-0.05, 0) is 17.2 Å². The summed E-state index contributed by atoms with van der Waals surface area (Å²) in [7, 11) is 0. The van der Waals surface area contributed by atoms with E-state index in [1.54, 1.807) is 0 Å². The van der Waals surface area contributed by atoms with Crippen LogP contribution in [0.25, 0.3) is 0 Å². The first-order valence-electron chi connectivity index (χ1n) is 4.17. The third-order valence-electron chi connectivity index (χ3n) is 2.18. The molecule has 0 fully saturated rings. The summed E-state index contributed by atoms with van der Waals surface area (Å²) < 4.78 is 3.67. The first-order valence-corrected chi connectivity index (χ1v) is 6.68. The molecule has 2 N–H and O–H groups in total. The van der Waals surface area contributed by atoms with Gasteiger partial charge in [-0.25, -0.2) is 4.79 Å². The van der Waals surface area contributed by atoms with Gasteiger partial charge in [0.2, 0.25) is 0 Å². The summed E-state index contributed by atoms with van der Waals surface area (Å²) in [4.78, 5) is 10.5. The van der Waals surface area contributed by atoms with Crippen LogP contribution in [0, 0.1) is 0 Å². The van der Waals surface area contributed by atoms with Crippen LogP contribution in [0.15, 0.2) is 22.7 Å². The fourth-order valence-electron chi connectivity index (χ4n) is 1.60. The molecule has 3 nitrogen and oxygen atoms in total. The molecule has 1 amide bonds. The number of amides is 1. The lowest BCUT2D eigenvalue weighted by Gasteiger charge is -2.12. The van der Waals surface area contributed by atoms with Crippen molar-refractivity contribution in [2.75, 3.05) is 0 Å². The van der Waals surface area contributed by atoms with Crippen molar-refractivity contribution in [3.63, 3.8) is 0 Å². The van der Waals surface area contributed by atoms with E-state index in [0.717, 1.165) is 16.0 Å². The fourth-order valence-corrected chi connectivity index (χ4v) is 4.36. The number of hydrogen-bond acceptors (Lipinski definition) is 1. The molecule has 76 valence electrons. The van der Waals surface area contributed by atoms with Crippen molar-refractivity contribution in [1.29, 1.82) is 0 Å². The zero-order chi connectivity index (χ0) is 10.1. The number of halogens is 1. The van der Waals surface area contributed by atoms with Crippen molar-refractivity contribution in [2.24, 2.45) is 0 Å². The molecule has 1 unspecified atom stereocenters. The normalized spacial score (nSPS) is 21.6. The average molecular weight is 276 g/mol. The maximum atomic E-state index is 10.5. The Morgan fingerprint density at radius 1 is 1.50 bits per heavy atom. The van der Waals surface area contributed by atoms with E-state index in [4.69, 9.17) is 5.11 Å². The molecule has 1 aliphatic rings. The highest BCUT2D eigenvalue weighted by Gasteiger charge is 2.21. The van der Waals surface area contributed by atoms with Crippen LogP contribution in [0.4, 0.5) is 4.79 Å². The summed E-state index contributed by atoms with van der Waals surface area (Å²) in [6, 6.07) is 6.05. The summed E-state index contributed by atoms with van der Waals surface area (Å²) in [5.41, 5.74) is 2.52. The smallest absolute Gasteiger partial charge is 0.413 e. The second-order valence-corrected chi connectivity index (χ2v) is 5.94. The molecular formula is C9H10BrNO2S. The van der Waals surface area contributed by atoms with Crippen molar-refractivity contribution < 1.29 is 9.90 Å². The third kappa shape index (κ3) is 1.88. The van der Waals surface area contributed by atoms with Crippen LogP contribution in [-0.2, 0) is 11.5 Å². The highest BCUT2D eigenvalue weighted by Crippen LogP contribution is 2.42. The van der Waals surface area contributed by atoms with E-state index in [1.807, 2.05) is 12.1 Å². The molecular weight excluding hydrogens is 266 g/mol. The number of benzene rings is 1. The number of thiol groups is 1. The molecule has 2 rings (SSSR count). The molecule has 1 aromatic rings. The van der Waals surface area contributed by atoms with E-state index >= 15 is 0 Å². The first kappa shape index (κ1) is 9.86. The monoisotopic (exact) mass is 275 g/mol. The van der Waals surface area contributed by atoms with Gasteiger partial charge in [0.1, 0.15) is 0 Å². The van der Waals surface area contributed by atoms with Gasteiger partial charge in [-0.3, -0.25) is 4.72 Å². The van der Waals surface area contributed by atoms with Gasteiger partial charge in [-0.2, -0.15) is 11.1 Å². The van der Waals surface area contributed by atoms with E-state index in [1.165, 1.54) is 11.1 Å². The Balaban J connectivity index is 2.18. The molecule has 0 spiro atoms. The molecule has 0 saturated carbocycles. The van der Waals surface area contributed by atoms with E-state index in [2.05, 4.69) is 26.7 Å². The lowest BCUT2D eigenvalue weighted by molar-refractivity contribution is 0.201. The molecule has 14 heavy (non-hydrogen) atoms. The Hall–Kier alpha value is -0.680. The van der Waals surface area contributed by atoms with Gasteiger partial charge in [0.25, 0.3) is 0 Å². The lowest BCUT2D eigenvalue weighted by atomic mass is 10.1. The van der Waals surface area contributed by atoms with Crippen LogP contribution < -0.4 is 4.72 Å². The molecule has 1 atom stereocenters. The number of hydrogen-bond donors (Lipinski definition) is 3. The zero-order valence-electron chi connectivity index (χ0n) is 7.33. The van der Waals surface area contributed by atoms with Crippen LogP contribution >= 0.6 is 27.0 Å². The highest BCUT2D eigenvalue weighted by molar-refractivity contribution is 9.10. The Labute approximate surface area is 93.1 Å². The molecule has 0 saturated heterocycles. The van der Waals surface area contributed by atoms with E-state index in [-0.39, 0.29) is 0 Å². The van der Waals surface area contributed by atoms with Gasteiger partial charge < -0.3 is 5.11 Å². The quantitative estimate of drug-likeness (QED) is 0.691. The van der Waals surface area contributed by atoms with Crippen LogP contribution in [0.1, 0.15) is 11.1 Å². The van der Waals surface area contributed by atoms with E-state index in [0.29, 0.717) is 0 Å². The summed E-state index contributed by atoms with van der Waals surface area (Å²) in [6.45, 7) is 0. The minimum atomic E-state index is -0.917. The Morgan fingerprint density at radius 2 is 2.29 bits per heavy atom. The molecule has 0 aromatic heterocycles. The van der Waals surface area contributed by atoms with Crippen molar-refractivity contribution >= 4 is 33.1 Å². The Bertz CT molecular complexity index is 383. The van der Waals surface area contributed by atoms with Crippen molar-refractivity contribution in [3.8, 4) is 0 Å². The van der Waals surface area contributed by atoms with Crippen LogP contribution in [0.3, 0.4) is 0 Å². The average Bonchev–Trinajstić information content (AvgIpc) is 2.47. The Kier molecular flexibility index (Phi) is 2.69. The number of carbonyl (C=O) groups is 1. The molecule has 0 bridgehead atoms. The standard InChI is InChI=1S/C9H10BrNO2S/c10-8-3-1-2-6-4-14(5-7(6)8)11-9(12)13/h1-3,11,14H,4-5H2,(H,12,13). The van der Waals surface area contributed by atoms with Crippen LogP contribution in [0.2, 0.25) is 0 Å². The molecule has 0 aliphatic carbocycles. The topological polar surface area (TPSA) is 49.3 Å². The fraction of sp³-hybridized carbons (Fsp3) is 0.222. The minimum absolute atomic E-state index is 0.607. The summed E-state index contributed by atoms with van der Waals surface area (Å²) >= 11 is 2.87. The van der Waals surface area contributed by atoms with Crippen molar-refractivity contribution in [1.82, 2.24) is 4.72 Å². The zero-order valence-corrected chi connectivity index (χ0v) is 9.81. The second kappa shape index (κ2) is 3.82. The minimum Gasteiger partial charge on any atom is -0.464 e. The van der Waals surface area contributed by atoms with Gasteiger partial charge in [-0.15, -0.1) is 0 Å². The van der Waals surface area contributed by atoms with E-state index < -0.39 is 17.2 Å². The van der Waals surface area contributed by atoms with Crippen LogP contribution in [0.5, 0.6) is 0 Å². The number of nitrogens with one attached hydrogen (secondary N) is 1. The second-order valence-electron chi connectivity index (χ2n) is 3.15. The predicted molar refractivity (Wildman–Crippen MR) is 61.7 cm³/mol. The summed E-state index contributed by atoms with van der Waals surface area (Å²) in [5.74, 6) is 1.70. The van der Waals surface area contributed by atoms with Crippen molar-refractivity contribution in [2.45, 2.75) is 11.5 Å². The molecule has 1 aromatic carbocycles. The maximum Gasteiger partial charge on any atom is 0.413 e. The van der Waals surface area contributed by atoms with Crippen molar-refractivity contribution in [3.05, 3.63) is 33.8 Å². The maximum absolute atomic E-state index is 10.5. The van der Waals surface area contributed by atoms with Gasteiger partial charge in [0.05, 0.1) is 0 Å². The van der Waals surface area contributed by atoms with E-state index in [9.17, 15) is 4.79 Å². The number of fused-ring (bicyclic) bond motifs is 1. The molecule has 0 radical (unpaired) electrons. The van der Waals surface area contributed by atoms with Gasteiger partial charge >= 0.3 is 6.09 Å². The third-order valence-corrected chi connectivity index (χ3v) is 4.85. The first-order chi connectivity index (χ1) is 6.66. The highest BCUT2D eigenvalue weighted by atomic mass is 79.9. The molecule has 1 heterocycles. The van der Waals surface area contributed by atoms with Gasteiger partial charge in [0.15, 0.2) is 0 Å². The molecule has 5 heteroatoms.